The maximum atomic E-state index is 12.6. The summed E-state index contributed by atoms with van der Waals surface area (Å²) in [6, 6.07) is 16.8. The molecule has 0 aliphatic carbocycles. The number of hydrogen-bond donors (Lipinski definition) is 1. The molecule has 0 bridgehead atoms. The van der Waals surface area contributed by atoms with Gasteiger partial charge in [-0.25, -0.2) is 0 Å². The van der Waals surface area contributed by atoms with Crippen molar-refractivity contribution >= 4 is 17.7 Å². The fourth-order valence-electron chi connectivity index (χ4n) is 2.78. The Morgan fingerprint density at radius 1 is 1.12 bits per heavy atom. The van der Waals surface area contributed by atoms with E-state index < -0.39 is 0 Å². The zero-order chi connectivity index (χ0) is 17.5. The zero-order valence-electron chi connectivity index (χ0n) is 15.0. The molecule has 2 nitrogen and oxygen atoms in total. The predicted octanol–water partition coefficient (Wildman–Crippen LogP) is 5.19. The van der Waals surface area contributed by atoms with Crippen LogP contribution in [0.15, 0.2) is 48.5 Å². The molecule has 24 heavy (non-hydrogen) atoms. The lowest BCUT2D eigenvalue weighted by Crippen LogP contribution is -2.34. The van der Waals surface area contributed by atoms with E-state index in [-0.39, 0.29) is 17.2 Å². The summed E-state index contributed by atoms with van der Waals surface area (Å²) in [7, 11) is 0. The topological polar surface area (TPSA) is 29.1 Å². The van der Waals surface area contributed by atoms with Crippen LogP contribution >= 0.6 is 11.8 Å². The van der Waals surface area contributed by atoms with Crippen LogP contribution in [-0.4, -0.2) is 11.2 Å². The summed E-state index contributed by atoms with van der Waals surface area (Å²) in [5.74, 6) is 0.971. The van der Waals surface area contributed by atoms with E-state index >= 15 is 0 Å². The van der Waals surface area contributed by atoms with Gasteiger partial charge in [0.05, 0.1) is 11.3 Å². The number of thioether (sulfide) groups is 1. The van der Waals surface area contributed by atoms with E-state index in [0.29, 0.717) is 0 Å². The van der Waals surface area contributed by atoms with E-state index in [4.69, 9.17) is 0 Å². The number of nitrogens with one attached hydrogen (secondary N) is 1. The van der Waals surface area contributed by atoms with Gasteiger partial charge in [-0.05, 0) is 43.9 Å². The van der Waals surface area contributed by atoms with Crippen LogP contribution in [-0.2, 0) is 10.5 Å². The Labute approximate surface area is 150 Å². The van der Waals surface area contributed by atoms with Gasteiger partial charge in [0, 0.05) is 5.75 Å². The minimum Gasteiger partial charge on any atom is -0.348 e. The highest BCUT2D eigenvalue weighted by Crippen LogP contribution is 2.23. The van der Waals surface area contributed by atoms with Gasteiger partial charge in [-0.2, -0.15) is 0 Å². The van der Waals surface area contributed by atoms with Crippen molar-refractivity contribution in [2.24, 2.45) is 0 Å². The highest BCUT2D eigenvalue weighted by atomic mass is 32.2. The largest absolute Gasteiger partial charge is 0.348 e. The van der Waals surface area contributed by atoms with E-state index in [9.17, 15) is 4.79 Å². The Morgan fingerprint density at radius 2 is 1.83 bits per heavy atom. The molecule has 0 radical (unpaired) electrons. The van der Waals surface area contributed by atoms with Crippen molar-refractivity contribution < 1.29 is 4.79 Å². The van der Waals surface area contributed by atoms with Gasteiger partial charge in [0.15, 0.2) is 0 Å². The number of benzene rings is 2. The van der Waals surface area contributed by atoms with Crippen LogP contribution in [0.5, 0.6) is 0 Å². The van der Waals surface area contributed by atoms with Crippen LogP contribution in [0.3, 0.4) is 0 Å². The number of amides is 1. The fraction of sp³-hybridized carbons (Fsp3) is 0.381. The van der Waals surface area contributed by atoms with Crippen LogP contribution in [0, 0.1) is 13.8 Å². The molecule has 0 aliphatic heterocycles. The summed E-state index contributed by atoms with van der Waals surface area (Å²) in [5.41, 5.74) is 4.97. The third kappa shape index (κ3) is 5.13. The van der Waals surface area contributed by atoms with Gasteiger partial charge in [0.1, 0.15) is 0 Å². The molecule has 0 aliphatic rings. The molecule has 0 spiro atoms. The number of rotatable bonds is 7. The summed E-state index contributed by atoms with van der Waals surface area (Å²) in [6.07, 6.45) is 0.895. The molecule has 1 N–H and O–H groups in total. The molecule has 2 atom stereocenters. The van der Waals surface area contributed by atoms with E-state index in [1.807, 2.05) is 25.1 Å². The van der Waals surface area contributed by atoms with Crippen molar-refractivity contribution in [1.29, 1.82) is 0 Å². The number of carbonyl (C=O) groups is 1. The molecule has 1 amide bonds. The van der Waals surface area contributed by atoms with E-state index in [0.717, 1.165) is 12.2 Å². The first-order chi connectivity index (χ1) is 11.5. The summed E-state index contributed by atoms with van der Waals surface area (Å²) in [6.45, 7) is 8.31. The standard InChI is InChI=1S/C21H27NOS/c1-5-20(19-12-11-15(2)13-16(19)3)22-21(23)17(4)24-14-18-9-7-6-8-10-18/h6-13,17,20H,5,14H2,1-4H3,(H,22,23)/t17-,20+/m0/s1. The summed E-state index contributed by atoms with van der Waals surface area (Å²) < 4.78 is 0. The molecule has 2 aromatic carbocycles. The van der Waals surface area contributed by atoms with Crippen molar-refractivity contribution in [1.82, 2.24) is 5.32 Å². The van der Waals surface area contributed by atoms with Gasteiger partial charge in [0.25, 0.3) is 0 Å². The molecule has 128 valence electrons. The fourth-order valence-corrected chi connectivity index (χ4v) is 3.63. The first kappa shape index (κ1) is 18.6. The summed E-state index contributed by atoms with van der Waals surface area (Å²) in [4.78, 5) is 12.6. The number of carbonyl (C=O) groups excluding carboxylic acids is 1. The second kappa shape index (κ2) is 8.93. The maximum Gasteiger partial charge on any atom is 0.233 e. The smallest absolute Gasteiger partial charge is 0.233 e. The van der Waals surface area contributed by atoms with Gasteiger partial charge >= 0.3 is 0 Å². The highest BCUT2D eigenvalue weighted by Gasteiger charge is 2.19. The second-order valence-corrected chi connectivity index (χ2v) is 7.60. The minimum absolute atomic E-state index is 0.0648. The third-order valence-electron chi connectivity index (χ3n) is 4.24. The first-order valence-corrected chi connectivity index (χ1v) is 9.59. The van der Waals surface area contributed by atoms with Crippen molar-refractivity contribution in [3.05, 3.63) is 70.8 Å². The zero-order valence-corrected chi connectivity index (χ0v) is 15.8. The first-order valence-electron chi connectivity index (χ1n) is 8.54. The van der Waals surface area contributed by atoms with Crippen molar-refractivity contribution in [2.45, 2.75) is 51.2 Å². The Bertz CT molecular complexity index is 669. The number of aryl methyl sites for hydroxylation is 2. The van der Waals surface area contributed by atoms with Gasteiger partial charge < -0.3 is 5.32 Å². The molecule has 0 saturated carbocycles. The highest BCUT2D eigenvalue weighted by molar-refractivity contribution is 7.99. The minimum atomic E-state index is -0.0648. The Morgan fingerprint density at radius 3 is 2.46 bits per heavy atom. The average Bonchev–Trinajstić information content (AvgIpc) is 2.58. The van der Waals surface area contributed by atoms with E-state index in [1.54, 1.807) is 11.8 Å². The van der Waals surface area contributed by atoms with Crippen LogP contribution in [0.4, 0.5) is 0 Å². The quantitative estimate of drug-likeness (QED) is 0.750. The summed E-state index contributed by atoms with van der Waals surface area (Å²) >= 11 is 1.68. The molecule has 0 saturated heterocycles. The average molecular weight is 342 g/mol. The second-order valence-electron chi connectivity index (χ2n) is 6.27. The van der Waals surface area contributed by atoms with Crippen molar-refractivity contribution in [3.63, 3.8) is 0 Å². The van der Waals surface area contributed by atoms with Crippen LogP contribution < -0.4 is 5.32 Å². The lowest BCUT2D eigenvalue weighted by atomic mass is 9.97. The Hall–Kier alpha value is -1.74. The van der Waals surface area contributed by atoms with Gasteiger partial charge in [-0.15, -0.1) is 11.8 Å². The van der Waals surface area contributed by atoms with Crippen molar-refractivity contribution in [3.8, 4) is 0 Å². The third-order valence-corrected chi connectivity index (χ3v) is 5.45. The van der Waals surface area contributed by atoms with Gasteiger partial charge in [-0.3, -0.25) is 4.79 Å². The molecule has 2 aromatic rings. The molecule has 0 unspecified atom stereocenters. The molecule has 2 rings (SSSR count). The number of hydrogen-bond acceptors (Lipinski definition) is 2. The van der Waals surface area contributed by atoms with Crippen molar-refractivity contribution in [2.75, 3.05) is 0 Å². The van der Waals surface area contributed by atoms with Gasteiger partial charge in [0.2, 0.25) is 5.91 Å². The van der Waals surface area contributed by atoms with E-state index in [2.05, 4.69) is 56.4 Å². The SMILES string of the molecule is CC[C@@H](NC(=O)[C@H](C)SCc1ccccc1)c1ccc(C)cc1C. The molecule has 0 fully saturated rings. The van der Waals surface area contributed by atoms with Gasteiger partial charge in [-0.1, -0.05) is 61.0 Å². The van der Waals surface area contributed by atoms with Crippen LogP contribution in [0.25, 0.3) is 0 Å². The molecule has 3 heteroatoms. The van der Waals surface area contributed by atoms with Crippen LogP contribution in [0.1, 0.15) is 48.6 Å². The lowest BCUT2D eigenvalue weighted by molar-refractivity contribution is -0.121. The predicted molar refractivity (Wildman–Crippen MR) is 104 cm³/mol. The molecular formula is C21H27NOS. The normalized spacial score (nSPS) is 13.3. The van der Waals surface area contributed by atoms with E-state index in [1.165, 1.54) is 22.3 Å². The molecule has 0 aromatic heterocycles. The maximum absolute atomic E-state index is 12.6. The van der Waals surface area contributed by atoms with Crippen LogP contribution in [0.2, 0.25) is 0 Å². The monoisotopic (exact) mass is 341 g/mol. The summed E-state index contributed by atoms with van der Waals surface area (Å²) in [5, 5.41) is 3.15. The lowest BCUT2D eigenvalue weighted by Gasteiger charge is -2.22. The Kier molecular flexibility index (Phi) is 6.92. The Balaban J connectivity index is 1.95. The molecular weight excluding hydrogens is 314 g/mol. The molecule has 0 heterocycles.